The van der Waals surface area contributed by atoms with Gasteiger partial charge in [-0.05, 0) is 50.0 Å². The van der Waals surface area contributed by atoms with E-state index in [0.717, 1.165) is 56.8 Å². The zero-order valence-electron chi connectivity index (χ0n) is 14.9. The first kappa shape index (κ1) is 18.3. The Labute approximate surface area is 154 Å². The molecule has 0 unspecified atom stereocenters. The number of nitrogens with zero attached hydrogens (tertiary/aromatic N) is 1. The van der Waals surface area contributed by atoms with E-state index in [-0.39, 0.29) is 18.6 Å². The fourth-order valence-corrected chi connectivity index (χ4v) is 3.74. The van der Waals surface area contributed by atoms with Crippen LogP contribution in [0.5, 0.6) is 11.5 Å². The van der Waals surface area contributed by atoms with Crippen LogP contribution in [-0.2, 0) is 11.3 Å². The summed E-state index contributed by atoms with van der Waals surface area (Å²) in [5, 5.41) is 3.69. The van der Waals surface area contributed by atoms with E-state index >= 15 is 0 Å². The molecular weight excluding hydrogens is 340 g/mol. The Balaban J connectivity index is 1.45. The molecule has 1 fully saturated rings. The maximum atomic E-state index is 12.2. The van der Waals surface area contributed by atoms with Gasteiger partial charge in [-0.1, -0.05) is 31.4 Å². The minimum absolute atomic E-state index is 0.151. The molecule has 0 radical (unpaired) electrons. The lowest BCUT2D eigenvalue weighted by Gasteiger charge is -2.31. The van der Waals surface area contributed by atoms with Crippen LogP contribution in [0.4, 0.5) is 0 Å². The van der Waals surface area contributed by atoms with Gasteiger partial charge in [0.1, 0.15) is 0 Å². The summed E-state index contributed by atoms with van der Waals surface area (Å²) in [6, 6.07) is 3.95. The van der Waals surface area contributed by atoms with E-state index in [1.54, 1.807) is 0 Å². The molecule has 0 aromatic heterocycles. The van der Waals surface area contributed by atoms with Crippen LogP contribution in [0.15, 0.2) is 12.1 Å². The molecular formula is C19H27ClN2O3. The molecule has 0 atom stereocenters. The quantitative estimate of drug-likeness (QED) is 0.749. The molecule has 0 spiro atoms. The number of carbonyl (C=O) groups is 1. The van der Waals surface area contributed by atoms with Gasteiger partial charge in [-0.25, -0.2) is 0 Å². The van der Waals surface area contributed by atoms with Crippen molar-refractivity contribution in [3.8, 4) is 11.5 Å². The van der Waals surface area contributed by atoms with Gasteiger partial charge in [0.15, 0.2) is 11.5 Å². The van der Waals surface area contributed by atoms with E-state index < -0.39 is 0 Å². The average Bonchev–Trinajstić information content (AvgIpc) is 3.08. The van der Waals surface area contributed by atoms with Crippen LogP contribution in [0.25, 0.3) is 0 Å². The van der Waals surface area contributed by atoms with Gasteiger partial charge in [0.05, 0.1) is 5.02 Å². The van der Waals surface area contributed by atoms with E-state index in [2.05, 4.69) is 17.1 Å². The minimum atomic E-state index is 0.151. The number of fused-ring (bicyclic) bond motifs is 1. The Morgan fingerprint density at radius 2 is 2.08 bits per heavy atom. The minimum Gasteiger partial charge on any atom is -0.454 e. The number of unbranched alkanes of at least 4 members (excludes halogenated alkanes) is 2. The van der Waals surface area contributed by atoms with Crippen LogP contribution in [0.2, 0.25) is 5.02 Å². The summed E-state index contributed by atoms with van der Waals surface area (Å²) >= 11 is 6.25. The molecule has 2 aliphatic heterocycles. The summed E-state index contributed by atoms with van der Waals surface area (Å²) in [5.41, 5.74) is 1.12. The number of hydrogen-bond acceptors (Lipinski definition) is 4. The SMILES string of the molecule is CCCCCNC(=O)C1CCN(Cc2cc(Cl)c3c(c2)OCO3)CC1. The van der Waals surface area contributed by atoms with Gasteiger partial charge < -0.3 is 14.8 Å². The third kappa shape index (κ3) is 4.79. The lowest BCUT2D eigenvalue weighted by Crippen LogP contribution is -2.40. The largest absolute Gasteiger partial charge is 0.454 e. The Morgan fingerprint density at radius 1 is 1.28 bits per heavy atom. The van der Waals surface area contributed by atoms with E-state index in [1.807, 2.05) is 12.1 Å². The van der Waals surface area contributed by atoms with Gasteiger partial charge in [0, 0.05) is 19.0 Å². The maximum absolute atomic E-state index is 12.2. The van der Waals surface area contributed by atoms with Gasteiger partial charge in [0.2, 0.25) is 12.7 Å². The van der Waals surface area contributed by atoms with E-state index in [4.69, 9.17) is 21.1 Å². The molecule has 0 aliphatic carbocycles. The molecule has 138 valence electrons. The molecule has 0 saturated carbocycles. The van der Waals surface area contributed by atoms with Crippen LogP contribution in [0.1, 0.15) is 44.6 Å². The van der Waals surface area contributed by atoms with Gasteiger partial charge >= 0.3 is 0 Å². The monoisotopic (exact) mass is 366 g/mol. The molecule has 0 bridgehead atoms. The second-order valence-electron chi connectivity index (χ2n) is 6.86. The number of halogens is 1. The normalized spacial score (nSPS) is 17.7. The molecule has 2 heterocycles. The van der Waals surface area contributed by atoms with Crippen molar-refractivity contribution >= 4 is 17.5 Å². The third-order valence-corrected chi connectivity index (χ3v) is 5.21. The number of carbonyl (C=O) groups excluding carboxylic acids is 1. The van der Waals surface area contributed by atoms with Crippen LogP contribution in [0.3, 0.4) is 0 Å². The standard InChI is InChI=1S/C19H27ClN2O3/c1-2-3-4-7-21-19(23)15-5-8-22(9-6-15)12-14-10-16(20)18-17(11-14)24-13-25-18/h10-11,15H,2-9,12-13H2,1H3,(H,21,23). The Morgan fingerprint density at radius 3 is 2.84 bits per heavy atom. The van der Waals surface area contributed by atoms with Gasteiger partial charge in [-0.15, -0.1) is 0 Å². The molecule has 1 amide bonds. The number of ether oxygens (including phenoxy) is 2. The van der Waals surface area contributed by atoms with Crippen molar-refractivity contribution in [3.63, 3.8) is 0 Å². The fraction of sp³-hybridized carbons (Fsp3) is 0.632. The number of piperidine rings is 1. The summed E-state index contributed by atoms with van der Waals surface area (Å²) in [7, 11) is 0. The number of nitrogens with one attached hydrogen (secondary N) is 1. The van der Waals surface area contributed by atoms with E-state index in [0.29, 0.717) is 10.8 Å². The van der Waals surface area contributed by atoms with Crippen LogP contribution in [0, 0.1) is 5.92 Å². The number of likely N-dealkylation sites (tertiary alicyclic amines) is 1. The second kappa shape index (κ2) is 8.77. The molecule has 1 saturated heterocycles. The predicted octanol–water partition coefficient (Wildman–Crippen LogP) is 3.59. The van der Waals surface area contributed by atoms with Crippen molar-refractivity contribution in [2.45, 2.75) is 45.6 Å². The highest BCUT2D eigenvalue weighted by Gasteiger charge is 2.25. The molecule has 3 rings (SSSR count). The van der Waals surface area contributed by atoms with Crippen molar-refractivity contribution in [1.29, 1.82) is 0 Å². The predicted molar refractivity (Wildman–Crippen MR) is 98.1 cm³/mol. The highest BCUT2D eigenvalue weighted by Crippen LogP contribution is 2.40. The summed E-state index contributed by atoms with van der Waals surface area (Å²) in [6.45, 7) is 5.89. The van der Waals surface area contributed by atoms with Crippen LogP contribution < -0.4 is 14.8 Å². The number of hydrogen-bond donors (Lipinski definition) is 1. The molecule has 5 nitrogen and oxygen atoms in total. The van der Waals surface area contributed by atoms with Crippen molar-refractivity contribution in [3.05, 3.63) is 22.7 Å². The van der Waals surface area contributed by atoms with Gasteiger partial charge in [-0.2, -0.15) is 0 Å². The van der Waals surface area contributed by atoms with Crippen LogP contribution >= 0.6 is 11.6 Å². The molecule has 25 heavy (non-hydrogen) atoms. The first-order valence-electron chi connectivity index (χ1n) is 9.25. The summed E-state index contributed by atoms with van der Waals surface area (Å²) in [5.74, 6) is 1.74. The lowest BCUT2D eigenvalue weighted by molar-refractivity contribution is -0.126. The van der Waals surface area contributed by atoms with E-state index in [1.165, 1.54) is 12.8 Å². The highest BCUT2D eigenvalue weighted by atomic mass is 35.5. The van der Waals surface area contributed by atoms with Crippen molar-refractivity contribution < 1.29 is 14.3 Å². The Bertz CT molecular complexity index is 601. The zero-order valence-corrected chi connectivity index (χ0v) is 15.6. The molecule has 1 aromatic carbocycles. The second-order valence-corrected chi connectivity index (χ2v) is 7.27. The fourth-order valence-electron chi connectivity index (χ4n) is 3.45. The first-order valence-corrected chi connectivity index (χ1v) is 9.63. The summed E-state index contributed by atoms with van der Waals surface area (Å²) in [6.07, 6.45) is 5.26. The van der Waals surface area contributed by atoms with Crippen molar-refractivity contribution in [2.75, 3.05) is 26.4 Å². The molecule has 2 aliphatic rings. The third-order valence-electron chi connectivity index (χ3n) is 4.93. The van der Waals surface area contributed by atoms with Crippen molar-refractivity contribution in [2.24, 2.45) is 5.92 Å². The average molecular weight is 367 g/mol. The Kier molecular flexibility index (Phi) is 6.43. The number of amides is 1. The zero-order chi connectivity index (χ0) is 17.6. The maximum Gasteiger partial charge on any atom is 0.231 e. The van der Waals surface area contributed by atoms with E-state index in [9.17, 15) is 4.79 Å². The van der Waals surface area contributed by atoms with Crippen LogP contribution in [-0.4, -0.2) is 37.2 Å². The van der Waals surface area contributed by atoms with Gasteiger partial charge in [0.25, 0.3) is 0 Å². The Hall–Kier alpha value is -1.46. The topological polar surface area (TPSA) is 50.8 Å². The smallest absolute Gasteiger partial charge is 0.231 e. The first-order chi connectivity index (χ1) is 12.2. The number of benzene rings is 1. The molecule has 1 N–H and O–H groups in total. The molecule has 6 heteroatoms. The van der Waals surface area contributed by atoms with Crippen molar-refractivity contribution in [1.82, 2.24) is 10.2 Å². The summed E-state index contributed by atoms with van der Waals surface area (Å²) in [4.78, 5) is 14.6. The summed E-state index contributed by atoms with van der Waals surface area (Å²) < 4.78 is 10.8. The highest BCUT2D eigenvalue weighted by molar-refractivity contribution is 6.32. The van der Waals surface area contributed by atoms with Gasteiger partial charge in [-0.3, -0.25) is 9.69 Å². The lowest BCUT2D eigenvalue weighted by atomic mass is 9.95. The molecule has 1 aromatic rings. The number of rotatable bonds is 7.